The van der Waals surface area contributed by atoms with Gasteiger partial charge in [0.25, 0.3) is 0 Å². The summed E-state index contributed by atoms with van der Waals surface area (Å²) in [6.45, 7) is 3.02. The Morgan fingerprint density at radius 1 is 0.719 bits per heavy atom. The lowest BCUT2D eigenvalue weighted by atomic mass is 9.96. The minimum atomic E-state index is -0.0182. The summed E-state index contributed by atoms with van der Waals surface area (Å²) >= 11 is 0. The molecule has 1 aromatic heterocycles. The lowest BCUT2D eigenvalue weighted by Gasteiger charge is -2.39. The summed E-state index contributed by atoms with van der Waals surface area (Å²) in [5.41, 5.74) is 4.38. The van der Waals surface area contributed by atoms with E-state index in [1.807, 2.05) is 41.4 Å². The van der Waals surface area contributed by atoms with Crippen LogP contribution in [-0.4, -0.2) is 51.6 Å². The molecule has 0 saturated carbocycles. The molecule has 0 N–H and O–H groups in total. The van der Waals surface area contributed by atoms with Gasteiger partial charge in [-0.05, 0) is 11.1 Å². The van der Waals surface area contributed by atoms with Crippen LogP contribution in [0.4, 0.5) is 4.79 Å². The summed E-state index contributed by atoms with van der Waals surface area (Å²) in [6, 6.07) is 31.3. The minimum absolute atomic E-state index is 0.0182. The van der Waals surface area contributed by atoms with Gasteiger partial charge < -0.3 is 4.90 Å². The number of amides is 1. The van der Waals surface area contributed by atoms with Crippen LogP contribution in [0.15, 0.2) is 104 Å². The van der Waals surface area contributed by atoms with Crippen molar-refractivity contribution in [3.63, 3.8) is 0 Å². The third kappa shape index (κ3) is 4.20. The van der Waals surface area contributed by atoms with Gasteiger partial charge in [-0.25, -0.2) is 9.78 Å². The molecule has 0 radical (unpaired) electrons. The quantitative estimate of drug-likeness (QED) is 0.468. The van der Waals surface area contributed by atoms with Crippen LogP contribution >= 0.6 is 0 Å². The molecule has 0 unspecified atom stereocenters. The molecule has 1 fully saturated rings. The molecule has 32 heavy (non-hydrogen) atoms. The largest absolute Gasteiger partial charge is 0.329 e. The monoisotopic (exact) mass is 422 g/mol. The molecular weight excluding hydrogens is 396 g/mol. The molecule has 160 valence electrons. The molecule has 1 amide bonds. The number of carbonyl (C=O) groups is 1. The molecule has 5 rings (SSSR count). The second-order valence-corrected chi connectivity index (χ2v) is 8.06. The molecular formula is C27H26N4O. The number of aromatic nitrogens is 2. The van der Waals surface area contributed by atoms with Crippen LogP contribution in [0.2, 0.25) is 0 Å². The van der Waals surface area contributed by atoms with E-state index in [9.17, 15) is 4.79 Å². The summed E-state index contributed by atoms with van der Waals surface area (Å²) < 4.78 is 1.60. The third-order valence-electron chi connectivity index (χ3n) is 6.05. The Morgan fingerprint density at radius 2 is 1.25 bits per heavy atom. The van der Waals surface area contributed by atoms with Crippen LogP contribution in [-0.2, 0) is 0 Å². The Morgan fingerprint density at radius 3 is 1.81 bits per heavy atom. The van der Waals surface area contributed by atoms with Crippen LogP contribution < -0.4 is 0 Å². The highest BCUT2D eigenvalue weighted by atomic mass is 16.2. The molecule has 5 heteroatoms. The number of benzene rings is 3. The van der Waals surface area contributed by atoms with Crippen molar-refractivity contribution in [2.45, 2.75) is 6.04 Å². The maximum Gasteiger partial charge on any atom is 0.329 e. The van der Waals surface area contributed by atoms with Crippen LogP contribution in [0.25, 0.3) is 11.3 Å². The fourth-order valence-corrected chi connectivity index (χ4v) is 4.40. The van der Waals surface area contributed by atoms with Gasteiger partial charge in [0.15, 0.2) is 0 Å². The average molecular weight is 423 g/mol. The molecule has 0 bridgehead atoms. The molecule has 1 aliphatic heterocycles. The van der Waals surface area contributed by atoms with Gasteiger partial charge in [-0.3, -0.25) is 9.47 Å². The highest BCUT2D eigenvalue weighted by Crippen LogP contribution is 2.29. The zero-order valence-electron chi connectivity index (χ0n) is 17.9. The second kappa shape index (κ2) is 9.20. The number of hydrogen-bond acceptors (Lipinski definition) is 3. The summed E-state index contributed by atoms with van der Waals surface area (Å²) in [5, 5.41) is 0. The Labute approximate surface area is 188 Å². The average Bonchev–Trinajstić information content (AvgIpc) is 3.37. The lowest BCUT2D eigenvalue weighted by Crippen LogP contribution is -2.50. The Bertz CT molecular complexity index is 1110. The van der Waals surface area contributed by atoms with E-state index in [1.165, 1.54) is 11.1 Å². The number of nitrogens with zero attached hydrogens (tertiary/aromatic N) is 4. The van der Waals surface area contributed by atoms with Gasteiger partial charge in [0.1, 0.15) is 6.33 Å². The first-order valence-electron chi connectivity index (χ1n) is 11.0. The van der Waals surface area contributed by atoms with Crippen molar-refractivity contribution in [3.8, 4) is 11.3 Å². The molecule has 5 nitrogen and oxygen atoms in total. The van der Waals surface area contributed by atoms with Crippen molar-refractivity contribution in [3.05, 3.63) is 115 Å². The van der Waals surface area contributed by atoms with Gasteiger partial charge in [0.2, 0.25) is 0 Å². The highest BCUT2D eigenvalue weighted by Gasteiger charge is 2.28. The summed E-state index contributed by atoms with van der Waals surface area (Å²) in [7, 11) is 0. The van der Waals surface area contributed by atoms with Gasteiger partial charge in [0, 0.05) is 37.9 Å². The summed E-state index contributed by atoms with van der Waals surface area (Å²) in [6.07, 6.45) is 3.44. The first kappa shape index (κ1) is 20.2. The van der Waals surface area contributed by atoms with Crippen LogP contribution in [0.3, 0.4) is 0 Å². The fraction of sp³-hybridized carbons (Fsp3) is 0.185. The van der Waals surface area contributed by atoms with E-state index in [-0.39, 0.29) is 12.1 Å². The van der Waals surface area contributed by atoms with E-state index in [4.69, 9.17) is 0 Å². The predicted octanol–water partition coefficient (Wildman–Crippen LogP) is 4.93. The number of rotatable bonds is 4. The maximum atomic E-state index is 13.1. The second-order valence-electron chi connectivity index (χ2n) is 8.06. The maximum absolute atomic E-state index is 13.1. The Balaban J connectivity index is 1.30. The Hall–Kier alpha value is -3.70. The van der Waals surface area contributed by atoms with Gasteiger partial charge in [0.05, 0.1) is 11.7 Å². The van der Waals surface area contributed by atoms with Gasteiger partial charge in [-0.1, -0.05) is 91.0 Å². The van der Waals surface area contributed by atoms with Crippen molar-refractivity contribution in [1.82, 2.24) is 19.4 Å². The van der Waals surface area contributed by atoms with Crippen molar-refractivity contribution >= 4 is 6.03 Å². The molecule has 1 aliphatic rings. The standard InChI is InChI=1S/C27H26N4O/c32-27(31-20-25(28-21-31)22-10-4-1-5-11-22)30-18-16-29(17-19-30)26(23-12-6-2-7-13-23)24-14-8-3-9-15-24/h1-15,20-21,26H,16-19H2. The number of piperazine rings is 1. The SMILES string of the molecule is O=C(N1CCN(C(c2ccccc2)c2ccccc2)CC1)n1cnc(-c2ccccc2)c1. The normalized spacial score (nSPS) is 14.6. The smallest absolute Gasteiger partial charge is 0.321 e. The molecule has 3 aromatic carbocycles. The molecule has 0 aliphatic carbocycles. The molecule has 0 atom stereocenters. The van der Waals surface area contributed by atoms with E-state index in [1.54, 1.807) is 10.9 Å². The van der Waals surface area contributed by atoms with Gasteiger partial charge in [-0.15, -0.1) is 0 Å². The van der Waals surface area contributed by atoms with Crippen molar-refractivity contribution in [1.29, 1.82) is 0 Å². The van der Waals surface area contributed by atoms with Crippen molar-refractivity contribution < 1.29 is 4.79 Å². The zero-order chi connectivity index (χ0) is 21.8. The van der Waals surface area contributed by atoms with E-state index in [2.05, 4.69) is 70.5 Å². The predicted molar refractivity (Wildman–Crippen MR) is 126 cm³/mol. The van der Waals surface area contributed by atoms with Crippen molar-refractivity contribution in [2.75, 3.05) is 26.2 Å². The molecule has 2 heterocycles. The summed E-state index contributed by atoms with van der Waals surface area (Å²) in [4.78, 5) is 21.9. The van der Waals surface area contributed by atoms with Crippen molar-refractivity contribution in [2.24, 2.45) is 0 Å². The number of carbonyl (C=O) groups excluding carboxylic acids is 1. The van der Waals surface area contributed by atoms with E-state index < -0.39 is 0 Å². The zero-order valence-corrected chi connectivity index (χ0v) is 17.9. The minimum Gasteiger partial charge on any atom is -0.321 e. The highest BCUT2D eigenvalue weighted by molar-refractivity contribution is 5.78. The first-order valence-corrected chi connectivity index (χ1v) is 11.0. The van der Waals surface area contributed by atoms with Crippen LogP contribution in [0, 0.1) is 0 Å². The van der Waals surface area contributed by atoms with Crippen LogP contribution in [0.5, 0.6) is 0 Å². The third-order valence-corrected chi connectivity index (χ3v) is 6.05. The molecule has 4 aromatic rings. The summed E-state index contributed by atoms with van der Waals surface area (Å²) in [5.74, 6) is 0. The van der Waals surface area contributed by atoms with Gasteiger partial charge >= 0.3 is 6.03 Å². The van der Waals surface area contributed by atoms with Crippen LogP contribution in [0.1, 0.15) is 17.2 Å². The fourth-order valence-electron chi connectivity index (χ4n) is 4.40. The van der Waals surface area contributed by atoms with E-state index in [0.717, 1.165) is 24.3 Å². The first-order chi connectivity index (χ1) is 15.8. The number of imidazole rings is 1. The van der Waals surface area contributed by atoms with E-state index >= 15 is 0 Å². The van der Waals surface area contributed by atoms with E-state index in [0.29, 0.717) is 13.1 Å². The molecule has 1 saturated heterocycles. The molecule has 0 spiro atoms. The van der Waals surface area contributed by atoms with Gasteiger partial charge in [-0.2, -0.15) is 0 Å². The topological polar surface area (TPSA) is 41.4 Å². The lowest BCUT2D eigenvalue weighted by molar-refractivity contribution is 0.121. The number of hydrogen-bond donors (Lipinski definition) is 0. The Kier molecular flexibility index (Phi) is 5.81.